The number of piperazine rings is 1. The molecule has 1 saturated heterocycles. The lowest BCUT2D eigenvalue weighted by atomic mass is 10.1. The third-order valence-corrected chi connectivity index (χ3v) is 7.31. The van der Waals surface area contributed by atoms with Gasteiger partial charge in [-0.2, -0.15) is 0 Å². The first-order valence-electron chi connectivity index (χ1n) is 10.4. The van der Waals surface area contributed by atoms with Gasteiger partial charge in [-0.15, -0.1) is 0 Å². The first kappa shape index (κ1) is 23.1. The summed E-state index contributed by atoms with van der Waals surface area (Å²) in [4.78, 5) is 17.0. The predicted molar refractivity (Wildman–Crippen MR) is 128 cm³/mol. The molecule has 1 heterocycles. The highest BCUT2D eigenvalue weighted by atomic mass is 35.5. The van der Waals surface area contributed by atoms with Gasteiger partial charge in [0.1, 0.15) is 5.82 Å². The lowest BCUT2D eigenvalue weighted by Crippen LogP contribution is -2.49. The number of hydrogen-bond acceptors (Lipinski definition) is 4. The van der Waals surface area contributed by atoms with Crippen molar-refractivity contribution in [1.82, 2.24) is 4.90 Å². The Balaban J connectivity index is 1.51. The minimum atomic E-state index is -4.07. The Morgan fingerprint density at radius 2 is 1.64 bits per heavy atom. The van der Waals surface area contributed by atoms with E-state index in [1.807, 2.05) is 24.3 Å². The monoisotopic (exact) mass is 487 g/mol. The Bertz CT molecular complexity index is 1290. The topological polar surface area (TPSA) is 69.7 Å². The largest absolute Gasteiger partial charge is 0.367 e. The molecule has 1 amide bonds. The van der Waals surface area contributed by atoms with Gasteiger partial charge in [-0.1, -0.05) is 41.9 Å². The average molecular weight is 488 g/mol. The van der Waals surface area contributed by atoms with Crippen molar-refractivity contribution in [3.63, 3.8) is 0 Å². The summed E-state index contributed by atoms with van der Waals surface area (Å²) >= 11 is 6.29. The minimum absolute atomic E-state index is 0.102. The molecular formula is C24H23ClFN3O3S. The number of halogens is 2. The fourth-order valence-corrected chi connectivity index (χ4v) is 5.12. The Hall–Kier alpha value is -3.10. The van der Waals surface area contributed by atoms with Gasteiger partial charge in [-0.3, -0.25) is 9.52 Å². The molecule has 3 aromatic rings. The average Bonchev–Trinajstić information content (AvgIpc) is 2.81. The predicted octanol–water partition coefficient (Wildman–Crippen LogP) is 4.55. The van der Waals surface area contributed by atoms with Gasteiger partial charge in [-0.25, -0.2) is 12.8 Å². The Kier molecular flexibility index (Phi) is 6.58. The zero-order valence-corrected chi connectivity index (χ0v) is 19.5. The number of hydrogen-bond donors (Lipinski definition) is 1. The van der Waals surface area contributed by atoms with Crippen LogP contribution in [0.4, 0.5) is 15.8 Å². The lowest BCUT2D eigenvalue weighted by molar-refractivity contribution is 0.0746. The van der Waals surface area contributed by atoms with Crippen LogP contribution < -0.4 is 9.62 Å². The van der Waals surface area contributed by atoms with E-state index in [1.165, 1.54) is 36.4 Å². The summed E-state index contributed by atoms with van der Waals surface area (Å²) in [5.41, 5.74) is 1.74. The minimum Gasteiger partial charge on any atom is -0.367 e. The Labute approximate surface area is 197 Å². The van der Waals surface area contributed by atoms with Gasteiger partial charge in [0.05, 0.1) is 21.3 Å². The fraction of sp³-hybridized carbons (Fsp3) is 0.208. The molecule has 0 unspecified atom stereocenters. The van der Waals surface area contributed by atoms with E-state index in [-0.39, 0.29) is 16.5 Å². The zero-order valence-electron chi connectivity index (χ0n) is 18.0. The fourth-order valence-electron chi connectivity index (χ4n) is 3.78. The molecule has 4 rings (SSSR count). The maximum Gasteiger partial charge on any atom is 0.262 e. The van der Waals surface area contributed by atoms with E-state index >= 15 is 0 Å². The van der Waals surface area contributed by atoms with E-state index < -0.39 is 15.8 Å². The SMILES string of the molecule is Cc1ccc(S(=O)(=O)Nc2ccccc2F)cc1C(=O)N1CCN(c2ccccc2Cl)CC1. The summed E-state index contributed by atoms with van der Waals surface area (Å²) in [6.07, 6.45) is 0. The van der Waals surface area contributed by atoms with E-state index in [9.17, 15) is 17.6 Å². The summed E-state index contributed by atoms with van der Waals surface area (Å²) in [6, 6.07) is 17.4. The van der Waals surface area contributed by atoms with Gasteiger partial charge in [0.2, 0.25) is 0 Å². The standard InChI is InChI=1S/C24H23ClFN3O3S/c1-17-10-11-18(33(31,32)27-22-8-4-3-7-21(22)26)16-19(17)24(30)29-14-12-28(13-15-29)23-9-5-2-6-20(23)25/h2-11,16,27H,12-15H2,1H3. The molecule has 0 saturated carbocycles. The molecule has 0 spiro atoms. The van der Waals surface area contributed by atoms with Gasteiger partial charge in [0.15, 0.2) is 0 Å². The van der Waals surface area contributed by atoms with Crippen LogP contribution >= 0.6 is 11.6 Å². The van der Waals surface area contributed by atoms with Crippen LogP contribution in [-0.2, 0) is 10.0 Å². The van der Waals surface area contributed by atoms with Gasteiger partial charge in [0.25, 0.3) is 15.9 Å². The molecular weight excluding hydrogens is 465 g/mol. The summed E-state index contributed by atoms with van der Waals surface area (Å²) in [7, 11) is -4.07. The molecule has 6 nitrogen and oxygen atoms in total. The second-order valence-electron chi connectivity index (χ2n) is 7.79. The van der Waals surface area contributed by atoms with Crippen molar-refractivity contribution in [3.8, 4) is 0 Å². The highest BCUT2D eigenvalue weighted by Gasteiger charge is 2.26. The number of benzene rings is 3. The molecule has 1 aliphatic rings. The van der Waals surface area contributed by atoms with E-state index in [2.05, 4.69) is 9.62 Å². The number of sulfonamides is 1. The van der Waals surface area contributed by atoms with Crippen molar-refractivity contribution >= 4 is 38.9 Å². The molecule has 0 bridgehead atoms. The zero-order chi connectivity index (χ0) is 23.6. The Morgan fingerprint density at radius 3 is 2.33 bits per heavy atom. The van der Waals surface area contributed by atoms with Crippen molar-refractivity contribution in [2.24, 2.45) is 0 Å². The normalized spacial score (nSPS) is 14.3. The number of aryl methyl sites for hydroxylation is 1. The molecule has 0 atom stereocenters. The van der Waals surface area contributed by atoms with Crippen LogP contribution in [0, 0.1) is 12.7 Å². The lowest BCUT2D eigenvalue weighted by Gasteiger charge is -2.36. The third kappa shape index (κ3) is 4.96. The Morgan fingerprint density at radius 1 is 0.970 bits per heavy atom. The first-order valence-corrected chi connectivity index (χ1v) is 12.3. The van der Waals surface area contributed by atoms with Crippen LogP contribution in [0.5, 0.6) is 0 Å². The molecule has 0 aliphatic carbocycles. The van der Waals surface area contributed by atoms with Gasteiger partial charge >= 0.3 is 0 Å². The highest BCUT2D eigenvalue weighted by Crippen LogP contribution is 2.27. The van der Waals surface area contributed by atoms with Crippen LogP contribution in [0.25, 0.3) is 0 Å². The van der Waals surface area contributed by atoms with Crippen LogP contribution in [0.15, 0.2) is 71.6 Å². The second-order valence-corrected chi connectivity index (χ2v) is 9.88. The summed E-state index contributed by atoms with van der Waals surface area (Å²) in [5, 5.41) is 0.661. The van der Waals surface area contributed by atoms with Gasteiger partial charge < -0.3 is 9.80 Å². The molecule has 1 N–H and O–H groups in total. The highest BCUT2D eigenvalue weighted by molar-refractivity contribution is 7.92. The second kappa shape index (κ2) is 9.41. The van der Waals surface area contributed by atoms with Crippen LogP contribution in [0.2, 0.25) is 5.02 Å². The van der Waals surface area contributed by atoms with Gasteiger partial charge in [-0.05, 0) is 48.9 Å². The number of rotatable bonds is 5. The smallest absolute Gasteiger partial charge is 0.262 e. The first-order chi connectivity index (χ1) is 15.8. The molecule has 3 aromatic carbocycles. The summed E-state index contributed by atoms with van der Waals surface area (Å²) in [5.74, 6) is -0.921. The molecule has 1 fully saturated rings. The number of nitrogens with zero attached hydrogens (tertiary/aromatic N) is 2. The molecule has 1 aliphatic heterocycles. The van der Waals surface area contributed by atoms with E-state index in [4.69, 9.17) is 11.6 Å². The number of carbonyl (C=O) groups is 1. The number of para-hydroxylation sites is 2. The van der Waals surface area contributed by atoms with E-state index in [0.29, 0.717) is 42.3 Å². The van der Waals surface area contributed by atoms with Crippen LogP contribution in [0.3, 0.4) is 0 Å². The van der Waals surface area contributed by atoms with Crippen molar-refractivity contribution in [2.75, 3.05) is 35.8 Å². The maximum absolute atomic E-state index is 13.9. The van der Waals surface area contributed by atoms with Crippen molar-refractivity contribution < 1.29 is 17.6 Å². The number of nitrogens with one attached hydrogen (secondary N) is 1. The maximum atomic E-state index is 13.9. The van der Waals surface area contributed by atoms with E-state index in [1.54, 1.807) is 17.9 Å². The van der Waals surface area contributed by atoms with Crippen molar-refractivity contribution in [1.29, 1.82) is 0 Å². The van der Waals surface area contributed by atoms with Crippen LogP contribution in [0.1, 0.15) is 15.9 Å². The summed E-state index contributed by atoms with van der Waals surface area (Å²) < 4.78 is 41.8. The van der Waals surface area contributed by atoms with E-state index in [0.717, 1.165) is 5.69 Å². The number of carbonyl (C=O) groups excluding carboxylic acids is 1. The molecule has 0 radical (unpaired) electrons. The molecule has 172 valence electrons. The molecule has 0 aromatic heterocycles. The molecule has 33 heavy (non-hydrogen) atoms. The van der Waals surface area contributed by atoms with Crippen molar-refractivity contribution in [3.05, 3.63) is 88.7 Å². The van der Waals surface area contributed by atoms with Crippen LogP contribution in [-0.4, -0.2) is 45.4 Å². The summed E-state index contributed by atoms with van der Waals surface area (Å²) in [6.45, 7) is 3.94. The molecule has 9 heteroatoms. The number of amides is 1. The van der Waals surface area contributed by atoms with Gasteiger partial charge in [0, 0.05) is 31.7 Å². The van der Waals surface area contributed by atoms with Crippen molar-refractivity contribution in [2.45, 2.75) is 11.8 Å². The number of anilines is 2. The quantitative estimate of drug-likeness (QED) is 0.573. The third-order valence-electron chi connectivity index (χ3n) is 5.63.